The fourth-order valence-corrected chi connectivity index (χ4v) is 2.58. The molecular formula is C15H22N2OS. The van der Waals surface area contributed by atoms with Crippen LogP contribution in [0.2, 0.25) is 0 Å². The molecule has 1 N–H and O–H groups in total. The molecule has 104 valence electrons. The summed E-state index contributed by atoms with van der Waals surface area (Å²) in [4.78, 5) is 3.28. The predicted molar refractivity (Wildman–Crippen MR) is 82.1 cm³/mol. The molecule has 0 unspecified atom stereocenters. The summed E-state index contributed by atoms with van der Waals surface area (Å²) in [6.45, 7) is 8.29. The van der Waals surface area contributed by atoms with Crippen molar-refractivity contribution in [2.24, 2.45) is 5.41 Å². The first-order valence-electron chi connectivity index (χ1n) is 6.61. The zero-order valence-electron chi connectivity index (χ0n) is 12.1. The Hall–Kier alpha value is -1.13. The van der Waals surface area contributed by atoms with Gasteiger partial charge in [-0.15, -0.1) is 0 Å². The summed E-state index contributed by atoms with van der Waals surface area (Å²) in [6, 6.07) is 6.39. The van der Waals surface area contributed by atoms with E-state index in [0.717, 1.165) is 29.9 Å². The van der Waals surface area contributed by atoms with Gasteiger partial charge in [0.1, 0.15) is 0 Å². The Morgan fingerprint density at radius 1 is 1.37 bits per heavy atom. The molecule has 0 saturated carbocycles. The molecule has 3 nitrogen and oxygen atoms in total. The lowest BCUT2D eigenvalue weighted by Crippen LogP contribution is -2.21. The minimum Gasteiger partial charge on any atom is -0.385 e. The van der Waals surface area contributed by atoms with Gasteiger partial charge in [0, 0.05) is 20.3 Å². The van der Waals surface area contributed by atoms with E-state index in [0.29, 0.717) is 0 Å². The van der Waals surface area contributed by atoms with Crippen LogP contribution in [0.4, 0.5) is 0 Å². The van der Waals surface area contributed by atoms with Crippen LogP contribution in [0, 0.1) is 17.1 Å². The Kier molecular flexibility index (Phi) is 4.11. The monoisotopic (exact) mass is 278 g/mol. The van der Waals surface area contributed by atoms with E-state index < -0.39 is 0 Å². The predicted octanol–water partition coefficient (Wildman–Crippen LogP) is 4.07. The maximum absolute atomic E-state index is 5.45. The molecule has 0 spiro atoms. The summed E-state index contributed by atoms with van der Waals surface area (Å²) >= 11 is 5.45. The topological polar surface area (TPSA) is 29.9 Å². The third-order valence-electron chi connectivity index (χ3n) is 3.50. The smallest absolute Gasteiger partial charge is 0.178 e. The quantitative estimate of drug-likeness (QED) is 0.836. The van der Waals surface area contributed by atoms with Crippen LogP contribution < -0.4 is 0 Å². The normalized spacial score (nSPS) is 12.2. The second-order valence-electron chi connectivity index (χ2n) is 5.94. The van der Waals surface area contributed by atoms with Crippen molar-refractivity contribution in [1.29, 1.82) is 0 Å². The van der Waals surface area contributed by atoms with Crippen LogP contribution in [0.1, 0.15) is 25.8 Å². The molecule has 19 heavy (non-hydrogen) atoms. The fourth-order valence-electron chi connectivity index (χ4n) is 2.31. The van der Waals surface area contributed by atoms with Gasteiger partial charge in [0.15, 0.2) is 4.77 Å². The molecular weight excluding hydrogens is 256 g/mol. The molecule has 4 heteroatoms. The number of aromatic amines is 1. The van der Waals surface area contributed by atoms with Gasteiger partial charge in [-0.2, -0.15) is 0 Å². The van der Waals surface area contributed by atoms with Crippen LogP contribution in [0.3, 0.4) is 0 Å². The first-order valence-corrected chi connectivity index (χ1v) is 7.02. The van der Waals surface area contributed by atoms with Gasteiger partial charge in [-0.05, 0) is 48.7 Å². The van der Waals surface area contributed by atoms with E-state index in [1.807, 2.05) is 0 Å². The number of benzene rings is 1. The van der Waals surface area contributed by atoms with Crippen LogP contribution in [-0.2, 0) is 11.3 Å². The van der Waals surface area contributed by atoms with Gasteiger partial charge in [-0.3, -0.25) is 0 Å². The number of H-pyrrole nitrogens is 1. The van der Waals surface area contributed by atoms with E-state index in [2.05, 4.69) is 48.5 Å². The number of aryl methyl sites for hydroxylation is 1. The molecule has 1 aromatic heterocycles. The molecule has 0 saturated heterocycles. The second kappa shape index (κ2) is 5.47. The third kappa shape index (κ3) is 3.25. The average molecular weight is 278 g/mol. The number of hydrogen-bond acceptors (Lipinski definition) is 2. The molecule has 1 aromatic carbocycles. The highest BCUT2D eigenvalue weighted by atomic mass is 32.1. The van der Waals surface area contributed by atoms with E-state index in [4.69, 9.17) is 17.0 Å². The van der Waals surface area contributed by atoms with Gasteiger partial charge >= 0.3 is 0 Å². The number of nitrogens with one attached hydrogen (secondary N) is 1. The van der Waals surface area contributed by atoms with Gasteiger partial charge in [0.25, 0.3) is 0 Å². The molecule has 0 atom stereocenters. The number of methoxy groups -OCH3 is 1. The summed E-state index contributed by atoms with van der Waals surface area (Å²) < 4.78 is 8.19. The van der Waals surface area contributed by atoms with E-state index in [9.17, 15) is 0 Å². The Morgan fingerprint density at radius 3 is 2.79 bits per heavy atom. The zero-order chi connectivity index (χ0) is 14.0. The molecule has 2 rings (SSSR count). The second-order valence-corrected chi connectivity index (χ2v) is 6.33. The zero-order valence-corrected chi connectivity index (χ0v) is 12.9. The third-order valence-corrected chi connectivity index (χ3v) is 3.82. The van der Waals surface area contributed by atoms with Crippen LogP contribution >= 0.6 is 12.2 Å². The first-order chi connectivity index (χ1) is 8.93. The number of rotatable bonds is 5. The summed E-state index contributed by atoms with van der Waals surface area (Å²) in [5.74, 6) is 0. The van der Waals surface area contributed by atoms with Crippen molar-refractivity contribution in [2.45, 2.75) is 33.7 Å². The Morgan fingerprint density at radius 2 is 2.11 bits per heavy atom. The lowest BCUT2D eigenvalue weighted by atomic mass is 9.89. The van der Waals surface area contributed by atoms with Gasteiger partial charge in [0.2, 0.25) is 0 Å². The Labute approximate surface area is 119 Å². The average Bonchev–Trinajstić information content (AvgIpc) is 2.63. The van der Waals surface area contributed by atoms with Crippen molar-refractivity contribution in [3.05, 3.63) is 28.5 Å². The maximum atomic E-state index is 5.45. The molecule has 0 fully saturated rings. The van der Waals surface area contributed by atoms with Crippen LogP contribution in [0.15, 0.2) is 18.2 Å². The molecule has 0 amide bonds. The van der Waals surface area contributed by atoms with Crippen molar-refractivity contribution < 1.29 is 4.74 Å². The molecule has 0 aliphatic heterocycles. The minimum absolute atomic E-state index is 0.160. The van der Waals surface area contributed by atoms with Gasteiger partial charge in [0.05, 0.1) is 11.0 Å². The molecule has 1 heterocycles. The number of nitrogens with zero attached hydrogens (tertiary/aromatic N) is 1. The highest BCUT2D eigenvalue weighted by molar-refractivity contribution is 7.71. The number of fused-ring (bicyclic) bond motifs is 1. The molecule has 0 radical (unpaired) electrons. The Bertz CT molecular complexity index is 625. The van der Waals surface area contributed by atoms with E-state index in [1.54, 1.807) is 7.11 Å². The lowest BCUT2D eigenvalue weighted by molar-refractivity contribution is 0.143. The van der Waals surface area contributed by atoms with Crippen molar-refractivity contribution in [3.63, 3.8) is 0 Å². The van der Waals surface area contributed by atoms with Crippen LogP contribution in [0.5, 0.6) is 0 Å². The number of hydrogen-bond donors (Lipinski definition) is 1. The van der Waals surface area contributed by atoms with Crippen molar-refractivity contribution >= 4 is 23.3 Å². The van der Waals surface area contributed by atoms with E-state index in [-0.39, 0.29) is 5.41 Å². The highest BCUT2D eigenvalue weighted by Crippen LogP contribution is 2.26. The largest absolute Gasteiger partial charge is 0.385 e. The van der Waals surface area contributed by atoms with Gasteiger partial charge in [-0.25, -0.2) is 0 Å². The summed E-state index contributed by atoms with van der Waals surface area (Å²) in [5.41, 5.74) is 3.71. The number of ether oxygens (including phenoxy) is 1. The summed E-state index contributed by atoms with van der Waals surface area (Å²) in [6.07, 6.45) is 1.02. The SMILES string of the molecule is COCCC(C)(C)Cn1c(=S)[nH]c2ccc(C)cc21. The highest BCUT2D eigenvalue weighted by Gasteiger charge is 2.20. The molecule has 0 aliphatic carbocycles. The van der Waals surface area contributed by atoms with Gasteiger partial charge in [-0.1, -0.05) is 19.9 Å². The van der Waals surface area contributed by atoms with Crippen LogP contribution in [-0.4, -0.2) is 23.3 Å². The summed E-state index contributed by atoms with van der Waals surface area (Å²) in [5, 5.41) is 0. The van der Waals surface area contributed by atoms with E-state index >= 15 is 0 Å². The summed E-state index contributed by atoms with van der Waals surface area (Å²) in [7, 11) is 1.75. The standard InChI is InChI=1S/C15H22N2OS/c1-11-5-6-12-13(9-11)17(14(19)16-12)10-15(2,3)7-8-18-4/h5-6,9H,7-8,10H2,1-4H3,(H,16,19). The Balaban J connectivity index is 2.37. The number of imidazole rings is 1. The van der Waals surface area contributed by atoms with Crippen LogP contribution in [0.25, 0.3) is 11.0 Å². The number of aromatic nitrogens is 2. The van der Waals surface area contributed by atoms with Crippen molar-refractivity contribution in [3.8, 4) is 0 Å². The minimum atomic E-state index is 0.160. The molecule has 0 aliphatic rings. The van der Waals surface area contributed by atoms with Crippen molar-refractivity contribution in [1.82, 2.24) is 9.55 Å². The van der Waals surface area contributed by atoms with E-state index in [1.165, 1.54) is 11.1 Å². The maximum Gasteiger partial charge on any atom is 0.178 e. The first kappa shape index (κ1) is 14.3. The van der Waals surface area contributed by atoms with Crippen molar-refractivity contribution in [2.75, 3.05) is 13.7 Å². The lowest BCUT2D eigenvalue weighted by Gasteiger charge is -2.25. The molecule has 2 aromatic rings. The molecule has 0 bridgehead atoms. The fraction of sp³-hybridized carbons (Fsp3) is 0.533. The van der Waals surface area contributed by atoms with Gasteiger partial charge < -0.3 is 14.3 Å².